The van der Waals surface area contributed by atoms with Gasteiger partial charge in [-0.15, -0.1) is 0 Å². The van der Waals surface area contributed by atoms with Gasteiger partial charge in [0.2, 0.25) is 0 Å². The fourth-order valence-corrected chi connectivity index (χ4v) is 1.50. The quantitative estimate of drug-likeness (QED) is 0.787. The number of nitrogens with one attached hydrogen (secondary N) is 1. The molecule has 4 nitrogen and oxygen atoms in total. The van der Waals surface area contributed by atoms with Crippen LogP contribution >= 0.6 is 0 Å². The maximum atomic E-state index is 5.44. The Balaban J connectivity index is 2.46. The van der Waals surface area contributed by atoms with E-state index >= 15 is 0 Å². The number of aromatic nitrogens is 2. The molecule has 2 rings (SSSR count). The summed E-state index contributed by atoms with van der Waals surface area (Å²) in [6.07, 6.45) is 1.57. The molecule has 1 aromatic heterocycles. The highest BCUT2D eigenvalue weighted by molar-refractivity contribution is 5.89. The maximum Gasteiger partial charge on any atom is 0.137 e. The summed E-state index contributed by atoms with van der Waals surface area (Å²) in [7, 11) is 0. The summed E-state index contributed by atoms with van der Waals surface area (Å²) in [5.74, 6) is 0.852. The first-order valence-corrected chi connectivity index (χ1v) is 4.96. The minimum atomic E-state index is 0.595. The van der Waals surface area contributed by atoms with Crippen molar-refractivity contribution in [3.63, 3.8) is 0 Å². The van der Waals surface area contributed by atoms with Crippen LogP contribution in [0, 0.1) is 6.92 Å². The van der Waals surface area contributed by atoms with E-state index in [1.165, 1.54) is 5.56 Å². The highest BCUT2D eigenvalue weighted by atomic mass is 15.0. The molecule has 0 amide bonds. The van der Waals surface area contributed by atoms with Crippen molar-refractivity contribution in [2.24, 2.45) is 5.73 Å². The van der Waals surface area contributed by atoms with Gasteiger partial charge in [-0.1, -0.05) is 6.07 Å². The molecule has 0 saturated carbocycles. The predicted molar refractivity (Wildman–Crippen MR) is 61.8 cm³/mol. The first kappa shape index (κ1) is 9.86. The molecule has 0 aliphatic rings. The van der Waals surface area contributed by atoms with E-state index in [-0.39, 0.29) is 0 Å². The van der Waals surface area contributed by atoms with E-state index in [4.69, 9.17) is 5.73 Å². The molecule has 1 aromatic carbocycles. The number of benzene rings is 1. The molecule has 4 heteroatoms. The zero-order valence-corrected chi connectivity index (χ0v) is 8.70. The Kier molecular flexibility index (Phi) is 2.78. The van der Waals surface area contributed by atoms with Gasteiger partial charge < -0.3 is 11.1 Å². The monoisotopic (exact) mass is 202 g/mol. The lowest BCUT2D eigenvalue weighted by Crippen LogP contribution is -2.14. The number of aryl methyl sites for hydroxylation is 1. The standard InChI is InChI=1S/C11H14N4/c1-8-2-3-9-10(6-8)14-7-15-11(9)13-5-4-12/h2-3,6-7H,4-5,12H2,1H3,(H,13,14,15). The van der Waals surface area contributed by atoms with Crippen molar-refractivity contribution in [2.75, 3.05) is 18.4 Å². The van der Waals surface area contributed by atoms with E-state index < -0.39 is 0 Å². The zero-order chi connectivity index (χ0) is 10.7. The highest BCUT2D eigenvalue weighted by Gasteiger charge is 2.01. The summed E-state index contributed by atoms with van der Waals surface area (Å²) < 4.78 is 0. The summed E-state index contributed by atoms with van der Waals surface area (Å²) >= 11 is 0. The van der Waals surface area contributed by atoms with E-state index in [1.807, 2.05) is 12.1 Å². The van der Waals surface area contributed by atoms with Crippen LogP contribution in [0.1, 0.15) is 5.56 Å². The van der Waals surface area contributed by atoms with Crippen LogP contribution in [0.2, 0.25) is 0 Å². The van der Waals surface area contributed by atoms with Crippen molar-refractivity contribution in [1.29, 1.82) is 0 Å². The third kappa shape index (κ3) is 2.05. The largest absolute Gasteiger partial charge is 0.368 e. The van der Waals surface area contributed by atoms with Crippen molar-refractivity contribution >= 4 is 16.7 Å². The molecule has 0 fully saturated rings. The van der Waals surface area contributed by atoms with Gasteiger partial charge in [-0.3, -0.25) is 0 Å². The molecular weight excluding hydrogens is 188 g/mol. The third-order valence-corrected chi connectivity index (χ3v) is 2.23. The van der Waals surface area contributed by atoms with Crippen LogP contribution in [-0.2, 0) is 0 Å². The van der Waals surface area contributed by atoms with Gasteiger partial charge in [0, 0.05) is 18.5 Å². The molecule has 78 valence electrons. The summed E-state index contributed by atoms with van der Waals surface area (Å²) in [6, 6.07) is 6.13. The molecule has 1 heterocycles. The van der Waals surface area contributed by atoms with E-state index in [0.717, 1.165) is 23.3 Å². The molecule has 3 N–H and O–H groups in total. The van der Waals surface area contributed by atoms with Crippen molar-refractivity contribution in [2.45, 2.75) is 6.92 Å². The van der Waals surface area contributed by atoms with Crippen LogP contribution in [0.3, 0.4) is 0 Å². The Morgan fingerprint density at radius 3 is 3.00 bits per heavy atom. The maximum absolute atomic E-state index is 5.44. The number of nitrogens with zero attached hydrogens (tertiary/aromatic N) is 2. The number of hydrogen-bond donors (Lipinski definition) is 2. The van der Waals surface area contributed by atoms with Crippen molar-refractivity contribution < 1.29 is 0 Å². The van der Waals surface area contributed by atoms with Gasteiger partial charge in [0.05, 0.1) is 5.52 Å². The second-order valence-electron chi connectivity index (χ2n) is 3.46. The summed E-state index contributed by atoms with van der Waals surface area (Å²) in [4.78, 5) is 8.42. The Bertz CT molecular complexity index is 467. The third-order valence-electron chi connectivity index (χ3n) is 2.23. The topological polar surface area (TPSA) is 63.8 Å². The van der Waals surface area contributed by atoms with Gasteiger partial charge in [-0.05, 0) is 24.6 Å². The molecule has 15 heavy (non-hydrogen) atoms. The number of anilines is 1. The molecule has 0 aliphatic carbocycles. The van der Waals surface area contributed by atoms with Crippen LogP contribution < -0.4 is 11.1 Å². The smallest absolute Gasteiger partial charge is 0.137 e. The summed E-state index contributed by atoms with van der Waals surface area (Å²) in [5.41, 5.74) is 7.60. The van der Waals surface area contributed by atoms with Crippen molar-refractivity contribution in [3.8, 4) is 0 Å². The predicted octanol–water partition coefficient (Wildman–Crippen LogP) is 1.31. The molecule has 0 radical (unpaired) electrons. The van der Waals surface area contributed by atoms with Crippen LogP contribution in [0.25, 0.3) is 10.9 Å². The number of rotatable bonds is 3. The van der Waals surface area contributed by atoms with E-state index in [2.05, 4.69) is 28.3 Å². The average molecular weight is 202 g/mol. The molecule has 2 aromatic rings. The summed E-state index contributed by atoms with van der Waals surface area (Å²) in [6.45, 7) is 3.37. The molecule has 0 aliphatic heterocycles. The molecule has 0 spiro atoms. The average Bonchev–Trinajstić information content (AvgIpc) is 2.25. The van der Waals surface area contributed by atoms with Crippen LogP contribution in [-0.4, -0.2) is 23.1 Å². The second-order valence-corrected chi connectivity index (χ2v) is 3.46. The normalized spacial score (nSPS) is 10.5. The first-order valence-electron chi connectivity index (χ1n) is 4.96. The molecule has 0 bridgehead atoms. The SMILES string of the molecule is Cc1ccc2c(NCCN)ncnc2c1. The van der Waals surface area contributed by atoms with Crippen LogP contribution in [0.4, 0.5) is 5.82 Å². The Morgan fingerprint density at radius 1 is 1.33 bits per heavy atom. The Hall–Kier alpha value is -1.68. The van der Waals surface area contributed by atoms with Crippen LogP contribution in [0.5, 0.6) is 0 Å². The van der Waals surface area contributed by atoms with E-state index in [9.17, 15) is 0 Å². The second kappa shape index (κ2) is 4.23. The highest BCUT2D eigenvalue weighted by Crippen LogP contribution is 2.19. The van der Waals surface area contributed by atoms with Gasteiger partial charge in [0.25, 0.3) is 0 Å². The minimum absolute atomic E-state index is 0.595. The van der Waals surface area contributed by atoms with Crippen molar-refractivity contribution in [1.82, 2.24) is 9.97 Å². The Morgan fingerprint density at radius 2 is 2.20 bits per heavy atom. The van der Waals surface area contributed by atoms with Gasteiger partial charge >= 0.3 is 0 Å². The van der Waals surface area contributed by atoms with Gasteiger partial charge in [0.15, 0.2) is 0 Å². The van der Waals surface area contributed by atoms with E-state index in [1.54, 1.807) is 6.33 Å². The molecule has 0 unspecified atom stereocenters. The van der Waals surface area contributed by atoms with Crippen LogP contribution in [0.15, 0.2) is 24.5 Å². The number of hydrogen-bond acceptors (Lipinski definition) is 4. The number of fused-ring (bicyclic) bond motifs is 1. The molecular formula is C11H14N4. The van der Waals surface area contributed by atoms with Crippen molar-refractivity contribution in [3.05, 3.63) is 30.1 Å². The zero-order valence-electron chi connectivity index (χ0n) is 8.70. The first-order chi connectivity index (χ1) is 7.31. The van der Waals surface area contributed by atoms with Gasteiger partial charge in [-0.25, -0.2) is 9.97 Å². The van der Waals surface area contributed by atoms with Gasteiger partial charge in [-0.2, -0.15) is 0 Å². The fourth-order valence-electron chi connectivity index (χ4n) is 1.50. The summed E-state index contributed by atoms with van der Waals surface area (Å²) in [5, 5.41) is 4.22. The molecule has 0 saturated heterocycles. The lowest BCUT2D eigenvalue weighted by Gasteiger charge is -2.06. The van der Waals surface area contributed by atoms with Gasteiger partial charge in [0.1, 0.15) is 12.1 Å². The number of nitrogens with two attached hydrogens (primary N) is 1. The minimum Gasteiger partial charge on any atom is -0.368 e. The Labute approximate surface area is 88.5 Å². The lowest BCUT2D eigenvalue weighted by atomic mass is 10.1. The molecule has 0 atom stereocenters. The van der Waals surface area contributed by atoms with E-state index in [0.29, 0.717) is 6.54 Å². The fraction of sp³-hybridized carbons (Fsp3) is 0.273. The lowest BCUT2D eigenvalue weighted by molar-refractivity contribution is 1.01.